The van der Waals surface area contributed by atoms with Crippen LogP contribution in [0, 0.1) is 5.92 Å². The first kappa shape index (κ1) is 27.9. The average Bonchev–Trinajstić information content (AvgIpc) is 3.71. The van der Waals surface area contributed by atoms with E-state index in [0.717, 1.165) is 39.0 Å². The van der Waals surface area contributed by atoms with Gasteiger partial charge in [0.2, 0.25) is 0 Å². The van der Waals surface area contributed by atoms with Crippen molar-refractivity contribution in [2.45, 2.75) is 11.3 Å². The van der Waals surface area contributed by atoms with Gasteiger partial charge in [0.25, 0.3) is 0 Å². The van der Waals surface area contributed by atoms with Gasteiger partial charge in [0.05, 0.1) is 16.8 Å². The third-order valence-electron chi connectivity index (χ3n) is 10.8. The van der Waals surface area contributed by atoms with Gasteiger partial charge in [-0.2, -0.15) is 0 Å². The lowest BCUT2D eigenvalue weighted by atomic mass is 9.63. The van der Waals surface area contributed by atoms with E-state index in [9.17, 15) is 0 Å². The molecule has 1 heterocycles. The van der Waals surface area contributed by atoms with Gasteiger partial charge in [0, 0.05) is 39.2 Å². The lowest BCUT2D eigenvalue weighted by Crippen LogP contribution is -2.34. The molecule has 0 aliphatic heterocycles. The van der Waals surface area contributed by atoms with Gasteiger partial charge in [-0.3, -0.25) is 0 Å². The van der Waals surface area contributed by atoms with Crippen LogP contribution in [0.25, 0.3) is 32.7 Å². The first-order chi connectivity index (χ1) is 24.3. The van der Waals surface area contributed by atoms with E-state index >= 15 is 0 Å². The first-order valence-corrected chi connectivity index (χ1v) is 17.1. The van der Waals surface area contributed by atoms with Gasteiger partial charge in [0.15, 0.2) is 5.58 Å². The van der Waals surface area contributed by atoms with E-state index in [1.54, 1.807) is 0 Å². The van der Waals surface area contributed by atoms with Crippen LogP contribution in [0.2, 0.25) is 0 Å². The largest absolute Gasteiger partial charge is 0.454 e. The van der Waals surface area contributed by atoms with Crippen LogP contribution in [0.15, 0.2) is 193 Å². The predicted molar refractivity (Wildman–Crippen MR) is 203 cm³/mol. The van der Waals surface area contributed by atoms with Crippen LogP contribution in [0.3, 0.4) is 0 Å². The predicted octanol–water partition coefficient (Wildman–Crippen LogP) is 12.4. The van der Waals surface area contributed by atoms with Crippen LogP contribution in [-0.4, -0.2) is 0 Å². The lowest BCUT2D eigenvalue weighted by Gasteiger charge is -2.38. The Kier molecular flexibility index (Phi) is 6.25. The van der Waals surface area contributed by atoms with Crippen LogP contribution >= 0.6 is 0 Å². The molecule has 0 N–H and O–H groups in total. The van der Waals surface area contributed by atoms with Crippen molar-refractivity contribution < 1.29 is 4.42 Å². The molecule has 49 heavy (non-hydrogen) atoms. The SMILES string of the molecule is C1=CC2c3c(ccc4c3oc3c(N(c5ccccc5)c5cccc6ccccc56)cccc34)C(c3ccccc3)(c3ccccc3)[C@@H]2C=C1. The molecule has 7 aromatic carbocycles. The number of rotatable bonds is 5. The molecule has 2 aliphatic carbocycles. The maximum absolute atomic E-state index is 7.28. The summed E-state index contributed by atoms with van der Waals surface area (Å²) in [7, 11) is 0. The number of furan rings is 1. The number of anilines is 3. The van der Waals surface area contributed by atoms with Crippen molar-refractivity contribution in [1.82, 2.24) is 0 Å². The summed E-state index contributed by atoms with van der Waals surface area (Å²) in [4.78, 5) is 2.36. The lowest BCUT2D eigenvalue weighted by molar-refractivity contribution is 0.456. The van der Waals surface area contributed by atoms with Crippen molar-refractivity contribution in [3.8, 4) is 0 Å². The minimum atomic E-state index is -0.362. The first-order valence-electron chi connectivity index (χ1n) is 17.1. The maximum Gasteiger partial charge on any atom is 0.159 e. The minimum Gasteiger partial charge on any atom is -0.454 e. The molecule has 0 fully saturated rings. The molecule has 1 aromatic heterocycles. The molecular formula is C47H33NO. The molecule has 2 nitrogen and oxygen atoms in total. The summed E-state index contributed by atoms with van der Waals surface area (Å²) in [6.45, 7) is 0. The summed E-state index contributed by atoms with van der Waals surface area (Å²) in [5.41, 5.74) is 9.96. The molecule has 232 valence electrons. The van der Waals surface area contributed by atoms with Gasteiger partial charge < -0.3 is 9.32 Å². The van der Waals surface area contributed by atoms with E-state index in [2.05, 4.69) is 193 Å². The zero-order valence-corrected chi connectivity index (χ0v) is 26.9. The van der Waals surface area contributed by atoms with Crippen LogP contribution < -0.4 is 4.90 Å². The van der Waals surface area contributed by atoms with Crippen molar-refractivity contribution in [3.63, 3.8) is 0 Å². The second kappa shape index (κ2) is 11.0. The third-order valence-corrected chi connectivity index (χ3v) is 10.8. The van der Waals surface area contributed by atoms with Gasteiger partial charge in [-0.1, -0.05) is 164 Å². The fourth-order valence-electron chi connectivity index (χ4n) is 8.85. The highest BCUT2D eigenvalue weighted by atomic mass is 16.3. The fraction of sp³-hybridized carbons (Fsp3) is 0.0638. The molecule has 0 bridgehead atoms. The second-order valence-corrected chi connectivity index (χ2v) is 13.2. The number of fused-ring (bicyclic) bond motifs is 8. The van der Waals surface area contributed by atoms with Crippen LogP contribution in [0.1, 0.15) is 28.2 Å². The number of para-hydroxylation sites is 2. The van der Waals surface area contributed by atoms with Crippen molar-refractivity contribution in [1.29, 1.82) is 0 Å². The molecule has 0 amide bonds. The van der Waals surface area contributed by atoms with Crippen molar-refractivity contribution >= 4 is 49.8 Å². The molecule has 0 saturated carbocycles. The summed E-state index contributed by atoms with van der Waals surface area (Å²) in [6, 6.07) is 59.2. The van der Waals surface area contributed by atoms with E-state index in [4.69, 9.17) is 4.42 Å². The molecule has 10 rings (SSSR count). The molecule has 0 saturated heterocycles. The quantitative estimate of drug-likeness (QED) is 0.189. The topological polar surface area (TPSA) is 16.4 Å². The Bertz CT molecular complexity index is 2520. The fourth-order valence-corrected chi connectivity index (χ4v) is 8.85. The van der Waals surface area contributed by atoms with E-state index in [1.165, 1.54) is 33.0 Å². The van der Waals surface area contributed by atoms with Crippen molar-refractivity contribution in [2.24, 2.45) is 5.92 Å². The number of hydrogen-bond acceptors (Lipinski definition) is 2. The van der Waals surface area contributed by atoms with Crippen molar-refractivity contribution in [2.75, 3.05) is 4.90 Å². The standard InChI is InChI=1S/C47H33NO/c1-4-18-33(19-5-1)47(34-20-6-2-7-21-34)40-27-13-12-25-39(40)44-41(47)31-30-38-37-26-15-29-43(45(37)49-46(38)44)48(35-22-8-3-9-23-35)42-28-14-17-32-16-10-11-24-36(32)42/h1-31,39-40H/t39?,40-/m1/s1. The Morgan fingerprint density at radius 3 is 1.84 bits per heavy atom. The monoisotopic (exact) mass is 627 g/mol. The highest BCUT2D eigenvalue weighted by Crippen LogP contribution is 2.61. The summed E-state index contributed by atoms with van der Waals surface area (Å²) in [5.74, 6) is 0.364. The van der Waals surface area contributed by atoms with Gasteiger partial charge in [0.1, 0.15) is 5.58 Å². The molecule has 1 unspecified atom stereocenters. The molecule has 8 aromatic rings. The molecule has 0 radical (unpaired) electrons. The zero-order valence-electron chi connectivity index (χ0n) is 26.9. The average molecular weight is 628 g/mol. The summed E-state index contributed by atoms with van der Waals surface area (Å²) in [6.07, 6.45) is 9.24. The van der Waals surface area contributed by atoms with Crippen LogP contribution in [-0.2, 0) is 5.41 Å². The number of benzene rings is 7. The van der Waals surface area contributed by atoms with E-state index < -0.39 is 0 Å². The molecule has 0 spiro atoms. The number of nitrogens with zero attached hydrogens (tertiary/aromatic N) is 1. The van der Waals surface area contributed by atoms with Gasteiger partial charge >= 0.3 is 0 Å². The van der Waals surface area contributed by atoms with Crippen LogP contribution in [0.5, 0.6) is 0 Å². The Morgan fingerprint density at radius 2 is 1.06 bits per heavy atom. The van der Waals surface area contributed by atoms with Crippen LogP contribution in [0.4, 0.5) is 17.1 Å². The number of hydrogen-bond donors (Lipinski definition) is 0. The maximum atomic E-state index is 7.28. The van der Waals surface area contributed by atoms with E-state index in [0.29, 0.717) is 0 Å². The van der Waals surface area contributed by atoms with Crippen molar-refractivity contribution in [3.05, 3.63) is 210 Å². The Labute approximate surface area is 285 Å². The molecule has 2 heteroatoms. The Morgan fingerprint density at radius 1 is 0.469 bits per heavy atom. The summed E-state index contributed by atoms with van der Waals surface area (Å²) < 4.78 is 7.28. The van der Waals surface area contributed by atoms with E-state index in [1.807, 2.05) is 0 Å². The molecule has 2 atom stereocenters. The number of allylic oxidation sites excluding steroid dienone is 4. The van der Waals surface area contributed by atoms with Gasteiger partial charge in [-0.05, 0) is 46.3 Å². The molecular weight excluding hydrogens is 595 g/mol. The van der Waals surface area contributed by atoms with Gasteiger partial charge in [-0.25, -0.2) is 0 Å². The Hall–Kier alpha value is -6.12. The summed E-state index contributed by atoms with van der Waals surface area (Å²) >= 11 is 0. The highest BCUT2D eigenvalue weighted by Gasteiger charge is 2.54. The van der Waals surface area contributed by atoms with Gasteiger partial charge in [-0.15, -0.1) is 0 Å². The normalized spacial score (nSPS) is 17.4. The zero-order chi connectivity index (χ0) is 32.4. The smallest absolute Gasteiger partial charge is 0.159 e. The third kappa shape index (κ3) is 4.01. The van der Waals surface area contributed by atoms with E-state index in [-0.39, 0.29) is 17.3 Å². The Balaban J connectivity index is 1.28. The molecule has 2 aliphatic rings. The summed E-state index contributed by atoms with van der Waals surface area (Å²) in [5, 5.41) is 4.68. The highest BCUT2D eigenvalue weighted by molar-refractivity contribution is 6.13. The second-order valence-electron chi connectivity index (χ2n) is 13.2. The minimum absolute atomic E-state index is 0.163.